The Morgan fingerprint density at radius 1 is 1.10 bits per heavy atom. The van der Waals surface area contributed by atoms with E-state index in [0.29, 0.717) is 17.6 Å². The Morgan fingerprint density at radius 3 is 2.31 bits per heavy atom. The number of methoxy groups -OCH3 is 1. The van der Waals surface area contributed by atoms with Crippen molar-refractivity contribution >= 4 is 24.4 Å². The first-order chi connectivity index (χ1) is 20.1. The van der Waals surface area contributed by atoms with Crippen molar-refractivity contribution in [3.05, 3.63) is 94.7 Å². The first-order valence-corrected chi connectivity index (χ1v) is 17.5. The van der Waals surface area contributed by atoms with E-state index in [0.717, 1.165) is 41.0 Å². The molecule has 0 saturated heterocycles. The van der Waals surface area contributed by atoms with Crippen molar-refractivity contribution in [2.75, 3.05) is 33.1 Å². The van der Waals surface area contributed by atoms with Crippen molar-refractivity contribution in [2.45, 2.75) is 53.9 Å². The van der Waals surface area contributed by atoms with Gasteiger partial charge in [-0.1, -0.05) is 31.6 Å². The highest BCUT2D eigenvalue weighted by Crippen LogP contribution is 2.50. The molecule has 4 rings (SSSR count). The van der Waals surface area contributed by atoms with Gasteiger partial charge >= 0.3 is 0 Å². The quantitative estimate of drug-likeness (QED) is 0.111. The summed E-state index contributed by atoms with van der Waals surface area (Å²) in [6, 6.07) is 14.6. The van der Waals surface area contributed by atoms with Crippen LogP contribution in [0.2, 0.25) is 0 Å². The molecule has 42 heavy (non-hydrogen) atoms. The normalized spacial score (nSPS) is 12.3. The number of hydrogen-bond acceptors (Lipinski definition) is 5. The van der Waals surface area contributed by atoms with Gasteiger partial charge in [0.2, 0.25) is 0 Å². The molecule has 1 aliphatic rings. The number of benzene rings is 2. The molecule has 1 aliphatic carbocycles. The minimum atomic E-state index is -1.19. The van der Waals surface area contributed by atoms with E-state index in [-0.39, 0.29) is 5.82 Å². The molecule has 0 radical (unpaired) electrons. The highest BCUT2D eigenvalue weighted by atomic mass is 31.2. The topological polar surface area (TPSA) is 77.2 Å². The van der Waals surface area contributed by atoms with Crippen LogP contribution in [0.3, 0.4) is 0 Å². The van der Waals surface area contributed by atoms with Crippen molar-refractivity contribution in [2.24, 2.45) is 5.73 Å². The Bertz CT molecular complexity index is 1380. The van der Waals surface area contributed by atoms with E-state index >= 15 is 0 Å². The molecule has 1 saturated carbocycles. The summed E-state index contributed by atoms with van der Waals surface area (Å²) in [4.78, 5) is 15.6. The molecule has 0 bridgehead atoms. The van der Waals surface area contributed by atoms with Crippen LogP contribution in [-0.2, 0) is 11.2 Å². The number of aldehydes is 1. The smallest absolute Gasteiger partial charge is 0.152 e. The lowest BCUT2D eigenvalue weighted by atomic mass is 10.0. The predicted molar refractivity (Wildman–Crippen MR) is 180 cm³/mol. The standard InChI is InChI=1S/C22H29FN2P.C11H13NO2.C2H6/c1-5-26(3,4)21-14-20(12-13-24-15-17-6-7-17)25-22(16(21)2)18-8-10-19(23)11-9-18;1-8-3-4-10(9(6-12)7-13)11(5-8)14-2;1-2/h8-11,14-15,24H,5-7,12-13H2,1-4H3;3-7H,12H2,1-2H3;1-2H3/q+1;;/b;9-6+;. The van der Waals surface area contributed by atoms with Crippen LogP contribution in [0.25, 0.3) is 16.8 Å². The average Bonchev–Trinajstić information content (AvgIpc) is 3.83. The molecule has 2 aromatic carbocycles. The van der Waals surface area contributed by atoms with Gasteiger partial charge in [0.1, 0.15) is 16.9 Å². The first kappa shape index (κ1) is 34.7. The van der Waals surface area contributed by atoms with Crippen LogP contribution in [-0.4, -0.2) is 44.4 Å². The number of nitrogens with one attached hydrogen (secondary N) is 1. The minimum Gasteiger partial charge on any atom is -0.496 e. The molecule has 1 aromatic heterocycles. The maximum Gasteiger partial charge on any atom is 0.152 e. The summed E-state index contributed by atoms with van der Waals surface area (Å²) < 4.78 is 18.5. The van der Waals surface area contributed by atoms with Crippen molar-refractivity contribution < 1.29 is 13.9 Å². The molecule has 1 fully saturated rings. The molecule has 0 unspecified atom stereocenters. The van der Waals surface area contributed by atoms with Crippen LogP contribution in [0.5, 0.6) is 5.75 Å². The fourth-order valence-electron chi connectivity index (χ4n) is 4.33. The van der Waals surface area contributed by atoms with Gasteiger partial charge in [0.05, 0.1) is 32.3 Å². The molecule has 0 atom stereocenters. The van der Waals surface area contributed by atoms with E-state index in [2.05, 4.69) is 44.8 Å². The Morgan fingerprint density at radius 2 is 1.76 bits per heavy atom. The van der Waals surface area contributed by atoms with Crippen LogP contribution in [0.15, 0.2) is 66.5 Å². The van der Waals surface area contributed by atoms with E-state index in [4.69, 9.17) is 15.5 Å². The fourth-order valence-corrected chi connectivity index (χ4v) is 6.18. The number of ether oxygens (including phenoxy) is 1. The van der Waals surface area contributed by atoms with Crippen LogP contribution in [0.4, 0.5) is 4.39 Å². The number of carbonyl (C=O) groups excluding carboxylic acids is 1. The molecule has 5 nitrogen and oxygen atoms in total. The fraction of sp³-hybridized carbons (Fsp3) is 0.371. The van der Waals surface area contributed by atoms with E-state index in [9.17, 15) is 9.18 Å². The van der Waals surface area contributed by atoms with Crippen LogP contribution in [0, 0.1) is 19.7 Å². The summed E-state index contributed by atoms with van der Waals surface area (Å²) in [5.41, 5.74) is 13.4. The SMILES string of the molecule is CC.CC[P+](C)(C)c1cc(CCNC=C2CC2)nc(-c2ccc(F)cc2)c1C.COc1cc(C)ccc1/C(C=O)=C/N. The van der Waals surface area contributed by atoms with Crippen molar-refractivity contribution in [1.29, 1.82) is 0 Å². The third-order valence-corrected chi connectivity index (χ3v) is 10.6. The predicted octanol–water partition coefficient (Wildman–Crippen LogP) is 7.46. The third kappa shape index (κ3) is 9.80. The summed E-state index contributed by atoms with van der Waals surface area (Å²) >= 11 is 0. The highest BCUT2D eigenvalue weighted by molar-refractivity contribution is 7.81. The summed E-state index contributed by atoms with van der Waals surface area (Å²) in [5, 5.41) is 4.86. The maximum atomic E-state index is 13.4. The number of nitrogens with zero attached hydrogens (tertiary/aromatic N) is 1. The van der Waals surface area contributed by atoms with Gasteiger partial charge in [-0.2, -0.15) is 0 Å². The summed E-state index contributed by atoms with van der Waals surface area (Å²) in [5.74, 6) is 0.454. The van der Waals surface area contributed by atoms with Gasteiger partial charge in [-0.15, -0.1) is 0 Å². The van der Waals surface area contributed by atoms with E-state index in [1.807, 2.05) is 51.1 Å². The Kier molecular flexibility index (Phi) is 13.9. The van der Waals surface area contributed by atoms with Crippen LogP contribution >= 0.6 is 7.26 Å². The summed E-state index contributed by atoms with van der Waals surface area (Å²) in [6.07, 6.45) is 8.69. The number of halogens is 1. The lowest BCUT2D eigenvalue weighted by Gasteiger charge is -2.21. The van der Waals surface area contributed by atoms with Crippen molar-refractivity contribution in [3.63, 3.8) is 0 Å². The second kappa shape index (κ2) is 16.8. The maximum absolute atomic E-state index is 13.4. The van der Waals surface area contributed by atoms with Gasteiger partial charge in [-0.05, 0) is 75.7 Å². The van der Waals surface area contributed by atoms with E-state index in [1.54, 1.807) is 7.11 Å². The lowest BCUT2D eigenvalue weighted by molar-refractivity contribution is -0.103. The molecule has 0 spiro atoms. The number of allylic oxidation sites excluding steroid dienone is 2. The molecule has 3 N–H and O–H groups in total. The molecule has 3 aromatic rings. The highest BCUT2D eigenvalue weighted by Gasteiger charge is 2.30. The summed E-state index contributed by atoms with van der Waals surface area (Å²) in [6.45, 7) is 16.1. The zero-order chi connectivity index (χ0) is 31.3. The zero-order valence-corrected chi connectivity index (χ0v) is 27.4. The number of nitrogens with two attached hydrogens (primary N) is 1. The Balaban J connectivity index is 0.000000326. The van der Waals surface area contributed by atoms with E-state index in [1.165, 1.54) is 53.8 Å². The molecular formula is C35H48FN3O2P+. The number of aryl methyl sites for hydroxylation is 1. The number of hydrogen-bond donors (Lipinski definition) is 2. The second-order valence-corrected chi connectivity index (χ2v) is 15.0. The lowest BCUT2D eigenvalue weighted by Crippen LogP contribution is -2.20. The van der Waals surface area contributed by atoms with Crippen LogP contribution in [0.1, 0.15) is 56.0 Å². The number of pyridine rings is 1. The zero-order valence-electron chi connectivity index (χ0n) is 26.6. The number of rotatable bonds is 10. The third-order valence-electron chi connectivity index (χ3n) is 7.20. The van der Waals surface area contributed by atoms with Gasteiger partial charge in [0.15, 0.2) is 6.29 Å². The number of aromatic nitrogens is 1. The monoisotopic (exact) mass is 592 g/mol. The van der Waals surface area contributed by atoms with Gasteiger partial charge in [-0.3, -0.25) is 9.78 Å². The van der Waals surface area contributed by atoms with Gasteiger partial charge in [-0.25, -0.2) is 4.39 Å². The number of carbonyl (C=O) groups is 1. The van der Waals surface area contributed by atoms with Gasteiger partial charge in [0.25, 0.3) is 0 Å². The van der Waals surface area contributed by atoms with Crippen LogP contribution < -0.4 is 21.1 Å². The first-order valence-electron chi connectivity index (χ1n) is 14.7. The Hall–Kier alpha value is -3.50. The van der Waals surface area contributed by atoms with Gasteiger partial charge in [0, 0.05) is 60.5 Å². The molecular weight excluding hydrogens is 544 g/mol. The minimum absolute atomic E-state index is 0.207. The molecule has 226 valence electrons. The average molecular weight is 593 g/mol. The molecule has 1 heterocycles. The summed E-state index contributed by atoms with van der Waals surface area (Å²) in [7, 11) is 0.378. The van der Waals surface area contributed by atoms with Gasteiger partial charge < -0.3 is 15.8 Å². The largest absolute Gasteiger partial charge is 0.496 e. The molecule has 7 heteroatoms. The Labute approximate surface area is 252 Å². The van der Waals surface area contributed by atoms with Crippen molar-refractivity contribution in [3.8, 4) is 17.0 Å². The van der Waals surface area contributed by atoms with Crippen molar-refractivity contribution in [1.82, 2.24) is 10.3 Å². The molecule has 0 amide bonds. The molecule has 0 aliphatic heterocycles. The van der Waals surface area contributed by atoms with E-state index < -0.39 is 7.26 Å². The second-order valence-electron chi connectivity index (χ2n) is 10.6.